The quantitative estimate of drug-likeness (QED) is 0.526. The Morgan fingerprint density at radius 2 is 2.05 bits per heavy atom. The molecule has 1 heterocycles. The Balaban J connectivity index is 2.56. The Kier molecular flexibility index (Phi) is 3.84. The minimum Gasteiger partial charge on any atom is -0.321 e. The van der Waals surface area contributed by atoms with Crippen LogP contribution >= 0.6 is 15.9 Å². The van der Waals surface area contributed by atoms with Gasteiger partial charge in [0.15, 0.2) is 0 Å². The van der Waals surface area contributed by atoms with Crippen LogP contribution in [0.25, 0.3) is 0 Å². The zero-order valence-corrected chi connectivity index (χ0v) is 11.8. The van der Waals surface area contributed by atoms with Gasteiger partial charge < -0.3 is 5.32 Å². The first-order valence-electron chi connectivity index (χ1n) is 5.58. The number of nitro groups is 1. The highest BCUT2D eigenvalue weighted by molar-refractivity contribution is 9.09. The number of nitrogens with one attached hydrogen (secondary N) is 1. The summed E-state index contributed by atoms with van der Waals surface area (Å²) in [6.07, 6.45) is 0. The molecule has 0 saturated carbocycles. The lowest BCUT2D eigenvalue weighted by Gasteiger charge is -2.30. The van der Waals surface area contributed by atoms with Crippen molar-refractivity contribution >= 4 is 22.0 Å². The molecule has 0 aromatic heterocycles. The van der Waals surface area contributed by atoms with Crippen molar-refractivity contribution < 1.29 is 9.72 Å². The number of carbonyl (C=O) groups is 1. The van der Waals surface area contributed by atoms with Crippen LogP contribution in [0.3, 0.4) is 0 Å². The van der Waals surface area contributed by atoms with Crippen molar-refractivity contribution in [2.45, 2.75) is 6.04 Å². The topological polar surface area (TPSA) is 75.5 Å². The first-order valence-corrected chi connectivity index (χ1v) is 6.71. The highest BCUT2D eigenvalue weighted by Gasteiger charge is 2.39. The highest BCUT2D eigenvalue weighted by Crippen LogP contribution is 2.30. The van der Waals surface area contributed by atoms with Crippen molar-refractivity contribution in [2.24, 2.45) is 0 Å². The predicted molar refractivity (Wildman–Crippen MR) is 73.3 cm³/mol. The normalized spacial score (nSPS) is 19.4. The summed E-state index contributed by atoms with van der Waals surface area (Å²) in [5.74, 6) is 0. The van der Waals surface area contributed by atoms with E-state index in [1.54, 1.807) is 24.3 Å². The fourth-order valence-corrected chi connectivity index (χ4v) is 2.67. The molecule has 7 heteroatoms. The zero-order valence-electron chi connectivity index (χ0n) is 10.2. The summed E-state index contributed by atoms with van der Waals surface area (Å²) in [5.41, 5.74) is 1.04. The van der Waals surface area contributed by atoms with Crippen molar-refractivity contribution in [1.29, 1.82) is 0 Å². The molecule has 0 radical (unpaired) electrons. The van der Waals surface area contributed by atoms with E-state index in [1.165, 1.54) is 11.9 Å². The minimum absolute atomic E-state index is 0.00910. The summed E-state index contributed by atoms with van der Waals surface area (Å²) >= 11 is 3.20. The molecule has 0 bridgehead atoms. The van der Waals surface area contributed by atoms with E-state index in [9.17, 15) is 14.9 Å². The highest BCUT2D eigenvalue weighted by atomic mass is 79.9. The van der Waals surface area contributed by atoms with Gasteiger partial charge in [-0.3, -0.25) is 15.0 Å². The molecule has 0 fully saturated rings. The van der Waals surface area contributed by atoms with Crippen LogP contribution in [-0.2, 0) is 0 Å². The number of rotatable bonds is 3. The van der Waals surface area contributed by atoms with E-state index in [-0.39, 0.29) is 17.1 Å². The molecule has 0 unspecified atom stereocenters. The van der Waals surface area contributed by atoms with Gasteiger partial charge in [0.2, 0.25) is 0 Å². The van der Waals surface area contributed by atoms with Crippen molar-refractivity contribution in [3.05, 3.63) is 57.4 Å². The summed E-state index contributed by atoms with van der Waals surface area (Å²) in [6.45, 7) is 0. The van der Waals surface area contributed by atoms with E-state index in [0.717, 1.165) is 0 Å². The number of urea groups is 1. The van der Waals surface area contributed by atoms with Crippen LogP contribution in [0.4, 0.5) is 4.79 Å². The second kappa shape index (κ2) is 5.40. The second-order valence-electron chi connectivity index (χ2n) is 4.07. The average Bonchev–Trinajstić information content (AvgIpc) is 2.41. The second-order valence-corrected chi connectivity index (χ2v) is 4.64. The van der Waals surface area contributed by atoms with Crippen molar-refractivity contribution in [1.82, 2.24) is 10.2 Å². The number of hydrogen-bond donors (Lipinski definition) is 1. The number of amides is 2. The SMILES string of the molecule is CN1C(=O)N[C@H](c2ccccc2)C([N+](=O)[O-])=C1CBr. The van der Waals surface area contributed by atoms with E-state index in [0.29, 0.717) is 11.3 Å². The van der Waals surface area contributed by atoms with Crippen LogP contribution < -0.4 is 5.32 Å². The number of halogens is 1. The summed E-state index contributed by atoms with van der Waals surface area (Å²) in [5, 5.41) is 14.2. The molecule has 1 N–H and O–H groups in total. The Morgan fingerprint density at radius 3 is 2.58 bits per heavy atom. The zero-order chi connectivity index (χ0) is 14.0. The Hall–Kier alpha value is -1.89. The fourth-order valence-electron chi connectivity index (χ4n) is 2.01. The first-order chi connectivity index (χ1) is 9.06. The minimum atomic E-state index is -0.729. The number of allylic oxidation sites excluding steroid dienone is 1. The molecule has 2 amide bonds. The van der Waals surface area contributed by atoms with Gasteiger partial charge in [0.05, 0.1) is 10.3 Å². The lowest BCUT2D eigenvalue weighted by atomic mass is 10.0. The third-order valence-electron chi connectivity index (χ3n) is 3.00. The van der Waals surface area contributed by atoms with E-state index in [2.05, 4.69) is 21.2 Å². The molecule has 0 spiro atoms. The van der Waals surface area contributed by atoms with Gasteiger partial charge in [0.1, 0.15) is 11.7 Å². The molecular formula is C12H12BrN3O3. The third kappa shape index (κ3) is 2.46. The van der Waals surface area contributed by atoms with Crippen molar-refractivity contribution in [3.63, 3.8) is 0 Å². The van der Waals surface area contributed by atoms with E-state index < -0.39 is 11.0 Å². The molecule has 6 nitrogen and oxygen atoms in total. The molecule has 2 rings (SSSR count). The molecule has 19 heavy (non-hydrogen) atoms. The maximum Gasteiger partial charge on any atom is 0.322 e. The van der Waals surface area contributed by atoms with Crippen molar-refractivity contribution in [2.75, 3.05) is 12.4 Å². The maximum atomic E-state index is 11.9. The molecule has 1 aliphatic rings. The van der Waals surface area contributed by atoms with Gasteiger partial charge in [0.25, 0.3) is 5.70 Å². The average molecular weight is 326 g/mol. The van der Waals surface area contributed by atoms with E-state index in [1.807, 2.05) is 6.07 Å². The third-order valence-corrected chi connectivity index (χ3v) is 3.53. The van der Waals surface area contributed by atoms with Crippen LogP contribution in [0, 0.1) is 10.1 Å². The Bertz CT molecular complexity index is 544. The summed E-state index contributed by atoms with van der Waals surface area (Å²) in [4.78, 5) is 24.0. The van der Waals surface area contributed by atoms with Crippen LogP contribution in [0.5, 0.6) is 0 Å². The van der Waals surface area contributed by atoms with Gasteiger partial charge in [-0.05, 0) is 5.56 Å². The monoisotopic (exact) mass is 325 g/mol. The number of nitrogens with zero attached hydrogens (tertiary/aromatic N) is 2. The van der Waals surface area contributed by atoms with Crippen LogP contribution in [-0.4, -0.2) is 28.2 Å². The lowest BCUT2D eigenvalue weighted by molar-refractivity contribution is -0.433. The lowest BCUT2D eigenvalue weighted by Crippen LogP contribution is -2.46. The summed E-state index contributed by atoms with van der Waals surface area (Å²) in [7, 11) is 1.51. The van der Waals surface area contributed by atoms with Gasteiger partial charge in [-0.2, -0.15) is 0 Å². The molecule has 0 saturated heterocycles. The van der Waals surface area contributed by atoms with E-state index in [4.69, 9.17) is 0 Å². The molecule has 1 aromatic carbocycles. The predicted octanol–water partition coefficient (Wildman–Crippen LogP) is 2.27. The molecular weight excluding hydrogens is 314 g/mol. The Morgan fingerprint density at radius 1 is 1.42 bits per heavy atom. The number of alkyl halides is 1. The maximum absolute atomic E-state index is 11.9. The molecule has 0 aliphatic carbocycles. The number of hydrogen-bond acceptors (Lipinski definition) is 3. The first kappa shape index (κ1) is 13.5. The summed E-state index contributed by atoms with van der Waals surface area (Å²) < 4.78 is 0. The number of benzene rings is 1. The standard InChI is InChI=1S/C12H12BrN3O3/c1-15-9(7-13)11(16(18)19)10(14-12(15)17)8-5-3-2-4-6-8/h2-6,10H,7H2,1H3,(H,14,17)/t10-/m1/s1. The Labute approximate surface area is 118 Å². The van der Waals surface area contributed by atoms with E-state index >= 15 is 0 Å². The molecule has 1 aliphatic heterocycles. The van der Waals surface area contributed by atoms with Gasteiger partial charge in [-0.25, -0.2) is 4.79 Å². The van der Waals surface area contributed by atoms with Crippen molar-refractivity contribution in [3.8, 4) is 0 Å². The molecule has 1 aromatic rings. The molecule has 1 atom stereocenters. The van der Waals surface area contributed by atoms with Crippen LogP contribution in [0.2, 0.25) is 0 Å². The summed E-state index contributed by atoms with van der Waals surface area (Å²) in [6, 6.07) is 7.82. The van der Waals surface area contributed by atoms with Gasteiger partial charge in [0, 0.05) is 7.05 Å². The smallest absolute Gasteiger partial charge is 0.321 e. The largest absolute Gasteiger partial charge is 0.322 e. The molecule has 100 valence electrons. The fraction of sp³-hybridized carbons (Fsp3) is 0.250. The van der Waals surface area contributed by atoms with Crippen LogP contribution in [0.15, 0.2) is 41.7 Å². The van der Waals surface area contributed by atoms with Gasteiger partial charge in [-0.1, -0.05) is 46.3 Å². The van der Waals surface area contributed by atoms with Gasteiger partial charge in [-0.15, -0.1) is 0 Å². The van der Waals surface area contributed by atoms with Gasteiger partial charge >= 0.3 is 6.03 Å². The number of carbonyl (C=O) groups excluding carboxylic acids is 1. The van der Waals surface area contributed by atoms with Crippen LogP contribution in [0.1, 0.15) is 11.6 Å².